The largest absolute Gasteiger partial charge is 0.361 e. The molecule has 174 valence electrons. The number of nitrogens with zero attached hydrogens (tertiary/aromatic N) is 4. The number of carbonyl (C=O) groups excluding carboxylic acids is 1. The van der Waals surface area contributed by atoms with Gasteiger partial charge in [-0.25, -0.2) is 13.8 Å². The highest BCUT2D eigenvalue weighted by Gasteiger charge is 2.38. The fourth-order valence-corrected chi connectivity index (χ4v) is 5.09. The van der Waals surface area contributed by atoms with E-state index in [1.807, 2.05) is 19.9 Å². The molecule has 1 aliphatic heterocycles. The number of amides is 1. The minimum absolute atomic E-state index is 0.113. The zero-order chi connectivity index (χ0) is 23.6. The van der Waals surface area contributed by atoms with E-state index in [1.54, 1.807) is 4.90 Å². The highest BCUT2D eigenvalue weighted by Crippen LogP contribution is 2.41. The number of carbonyl (C=O) groups is 1. The lowest BCUT2D eigenvalue weighted by Crippen LogP contribution is -2.29. The average Bonchev–Trinajstić information content (AvgIpc) is 3.32. The Morgan fingerprint density at radius 2 is 1.88 bits per heavy atom. The van der Waals surface area contributed by atoms with Gasteiger partial charge < -0.3 is 14.0 Å². The lowest BCUT2D eigenvalue weighted by Gasteiger charge is -2.25. The summed E-state index contributed by atoms with van der Waals surface area (Å²) in [6.45, 7) is 4.63. The van der Waals surface area contributed by atoms with Crippen molar-refractivity contribution in [3.63, 3.8) is 0 Å². The van der Waals surface area contributed by atoms with Crippen molar-refractivity contribution in [2.75, 3.05) is 4.90 Å². The molecule has 0 bridgehead atoms. The van der Waals surface area contributed by atoms with Gasteiger partial charge in [0.15, 0.2) is 11.6 Å². The monoisotopic (exact) mass is 462 g/mol. The maximum Gasteiger partial charge on any atom is 0.227 e. The number of hydrogen-bond acceptors (Lipinski definition) is 4. The molecule has 2 aromatic heterocycles. The first-order valence-corrected chi connectivity index (χ1v) is 11.6. The van der Waals surface area contributed by atoms with Crippen molar-refractivity contribution < 1.29 is 18.1 Å². The molecule has 0 unspecified atom stereocenters. The predicted octanol–water partition coefficient (Wildman–Crippen LogP) is 5.86. The standard InChI is InChI=1S/C26H24F2N4O2/c1-14-25(15(2)34-30-14)17-5-8-22-21(11-17)29-26(31(22)13-16-3-4-16)23-9-10-24(33)32(23)18-6-7-19(27)20(28)12-18/h5-8,11-12,16,23H,3-4,9-10,13H2,1-2H3/t23-/m0/s1. The second kappa shape index (κ2) is 7.75. The zero-order valence-electron chi connectivity index (χ0n) is 19.0. The maximum absolute atomic E-state index is 14.0. The van der Waals surface area contributed by atoms with Crippen LogP contribution >= 0.6 is 0 Å². The highest BCUT2D eigenvalue weighted by molar-refractivity contribution is 5.96. The van der Waals surface area contributed by atoms with Gasteiger partial charge in [0, 0.05) is 30.3 Å². The first-order chi connectivity index (χ1) is 16.4. The van der Waals surface area contributed by atoms with Crippen molar-refractivity contribution in [2.45, 2.75) is 52.1 Å². The molecular formula is C26H24F2N4O2. The van der Waals surface area contributed by atoms with Crippen molar-refractivity contribution in [2.24, 2.45) is 5.92 Å². The first-order valence-electron chi connectivity index (χ1n) is 11.6. The summed E-state index contributed by atoms with van der Waals surface area (Å²) in [7, 11) is 0. The second-order valence-corrected chi connectivity index (χ2v) is 9.34. The molecule has 1 aliphatic carbocycles. The highest BCUT2D eigenvalue weighted by atomic mass is 19.2. The number of rotatable bonds is 5. The van der Waals surface area contributed by atoms with Gasteiger partial charge in [-0.1, -0.05) is 11.2 Å². The van der Waals surface area contributed by atoms with Crippen LogP contribution in [0.15, 0.2) is 40.9 Å². The van der Waals surface area contributed by atoms with E-state index in [1.165, 1.54) is 18.9 Å². The van der Waals surface area contributed by atoms with Gasteiger partial charge >= 0.3 is 0 Å². The summed E-state index contributed by atoms with van der Waals surface area (Å²) in [5, 5.41) is 4.07. The van der Waals surface area contributed by atoms with Gasteiger partial charge in [-0.05, 0) is 68.9 Å². The van der Waals surface area contributed by atoms with Crippen LogP contribution in [0.5, 0.6) is 0 Å². The van der Waals surface area contributed by atoms with Crippen LogP contribution in [0.4, 0.5) is 14.5 Å². The minimum atomic E-state index is -0.966. The molecule has 6 nitrogen and oxygen atoms in total. The summed E-state index contributed by atoms with van der Waals surface area (Å²) in [5.74, 6) is 0.116. The van der Waals surface area contributed by atoms with Gasteiger partial charge in [0.25, 0.3) is 0 Å². The summed E-state index contributed by atoms with van der Waals surface area (Å²) in [5.41, 5.74) is 4.94. The summed E-state index contributed by atoms with van der Waals surface area (Å²) >= 11 is 0. The molecule has 1 amide bonds. The van der Waals surface area contributed by atoms with Crippen LogP contribution in [0.1, 0.15) is 49.0 Å². The van der Waals surface area contributed by atoms with E-state index >= 15 is 0 Å². The minimum Gasteiger partial charge on any atom is -0.361 e. The Hall–Kier alpha value is -3.55. The number of imidazole rings is 1. The van der Waals surface area contributed by atoms with Crippen molar-refractivity contribution in [1.82, 2.24) is 14.7 Å². The smallest absolute Gasteiger partial charge is 0.227 e. The van der Waals surface area contributed by atoms with Crippen molar-refractivity contribution in [3.05, 3.63) is 65.3 Å². The Morgan fingerprint density at radius 3 is 2.59 bits per heavy atom. The van der Waals surface area contributed by atoms with E-state index in [9.17, 15) is 13.6 Å². The van der Waals surface area contributed by atoms with Gasteiger partial charge in [-0.3, -0.25) is 4.79 Å². The van der Waals surface area contributed by atoms with E-state index in [-0.39, 0.29) is 11.9 Å². The molecule has 2 aliphatic rings. The Bertz CT molecular complexity index is 1420. The molecule has 1 saturated carbocycles. The molecule has 1 atom stereocenters. The molecule has 8 heteroatoms. The second-order valence-electron chi connectivity index (χ2n) is 9.34. The molecule has 0 radical (unpaired) electrons. The summed E-state index contributed by atoms with van der Waals surface area (Å²) in [4.78, 5) is 19.4. The molecule has 3 heterocycles. The number of aryl methyl sites for hydroxylation is 2. The summed E-state index contributed by atoms with van der Waals surface area (Å²) in [6.07, 6.45) is 3.25. The van der Waals surface area contributed by atoms with Gasteiger partial charge in [0.2, 0.25) is 5.91 Å². The number of benzene rings is 2. The van der Waals surface area contributed by atoms with E-state index in [4.69, 9.17) is 9.51 Å². The number of hydrogen-bond donors (Lipinski definition) is 0. The quantitative estimate of drug-likeness (QED) is 0.372. The SMILES string of the molecule is Cc1noc(C)c1-c1ccc2c(c1)nc([C@@H]1CCC(=O)N1c1ccc(F)c(F)c1)n2CC1CC1. The number of fused-ring (bicyclic) bond motifs is 1. The lowest BCUT2D eigenvalue weighted by atomic mass is 10.0. The molecule has 6 rings (SSSR count). The Labute approximate surface area is 195 Å². The molecule has 4 aromatic rings. The van der Waals surface area contributed by atoms with Crippen LogP contribution in [-0.4, -0.2) is 20.6 Å². The Morgan fingerprint density at radius 1 is 1.06 bits per heavy atom. The van der Waals surface area contributed by atoms with Crippen LogP contribution < -0.4 is 4.90 Å². The van der Waals surface area contributed by atoms with Gasteiger partial charge in [0.1, 0.15) is 11.6 Å². The third-order valence-corrected chi connectivity index (χ3v) is 6.93. The third kappa shape index (κ3) is 3.40. The summed E-state index contributed by atoms with van der Waals surface area (Å²) in [6, 6.07) is 9.42. The predicted molar refractivity (Wildman–Crippen MR) is 123 cm³/mol. The normalized spacial score (nSPS) is 18.4. The average molecular weight is 463 g/mol. The first kappa shape index (κ1) is 21.0. The van der Waals surface area contributed by atoms with E-state index < -0.39 is 11.6 Å². The molecule has 0 spiro atoms. The number of aromatic nitrogens is 3. The van der Waals surface area contributed by atoms with Gasteiger partial charge in [-0.15, -0.1) is 0 Å². The topological polar surface area (TPSA) is 64.2 Å². The molecule has 2 fully saturated rings. The van der Waals surface area contributed by atoms with E-state index in [2.05, 4.69) is 21.9 Å². The van der Waals surface area contributed by atoms with Crippen LogP contribution in [0.25, 0.3) is 22.2 Å². The Kier molecular flexibility index (Phi) is 4.79. The number of halogens is 2. The molecule has 34 heavy (non-hydrogen) atoms. The zero-order valence-corrected chi connectivity index (χ0v) is 19.0. The van der Waals surface area contributed by atoms with Crippen molar-refractivity contribution in [1.29, 1.82) is 0 Å². The maximum atomic E-state index is 14.0. The Balaban J connectivity index is 1.48. The van der Waals surface area contributed by atoms with Crippen molar-refractivity contribution >= 4 is 22.6 Å². The van der Waals surface area contributed by atoms with Gasteiger partial charge in [-0.2, -0.15) is 0 Å². The fraction of sp³-hybridized carbons (Fsp3) is 0.346. The summed E-state index contributed by atoms with van der Waals surface area (Å²) < 4.78 is 35.1. The van der Waals surface area contributed by atoms with E-state index in [0.717, 1.165) is 58.1 Å². The third-order valence-electron chi connectivity index (χ3n) is 6.93. The van der Waals surface area contributed by atoms with Crippen LogP contribution in [0.3, 0.4) is 0 Å². The van der Waals surface area contributed by atoms with Gasteiger partial charge in [0.05, 0.1) is 22.8 Å². The van der Waals surface area contributed by atoms with Crippen molar-refractivity contribution in [3.8, 4) is 11.1 Å². The van der Waals surface area contributed by atoms with Crippen LogP contribution in [0, 0.1) is 31.4 Å². The molecule has 1 saturated heterocycles. The molecule has 2 aromatic carbocycles. The molecule has 0 N–H and O–H groups in total. The van der Waals surface area contributed by atoms with Crippen LogP contribution in [0.2, 0.25) is 0 Å². The number of anilines is 1. The fourth-order valence-electron chi connectivity index (χ4n) is 5.09. The van der Waals surface area contributed by atoms with Crippen LogP contribution in [-0.2, 0) is 11.3 Å². The lowest BCUT2D eigenvalue weighted by molar-refractivity contribution is -0.117. The van der Waals surface area contributed by atoms with E-state index in [0.29, 0.717) is 24.4 Å². The molecular weight excluding hydrogens is 438 g/mol.